The van der Waals surface area contributed by atoms with Crippen molar-refractivity contribution >= 4 is 21.5 Å². The molecular weight excluding hydrogens is 308 g/mol. The lowest BCUT2D eigenvalue weighted by Gasteiger charge is -2.32. The van der Waals surface area contributed by atoms with Gasteiger partial charge in [0.2, 0.25) is 0 Å². The van der Waals surface area contributed by atoms with E-state index >= 15 is 0 Å². The van der Waals surface area contributed by atoms with Crippen LogP contribution >= 0.6 is 15.9 Å². The fourth-order valence-corrected chi connectivity index (χ4v) is 4.60. The summed E-state index contributed by atoms with van der Waals surface area (Å²) in [6.07, 6.45) is 7.82. The first-order valence-electron chi connectivity index (χ1n) is 7.03. The minimum Gasteiger partial charge on any atom is -0.0838 e. The highest BCUT2D eigenvalue weighted by atomic mass is 79.9. The molecule has 2 unspecified atom stereocenters. The maximum Gasteiger partial charge on any atom is 0.0832 e. The van der Waals surface area contributed by atoms with Crippen LogP contribution in [0.1, 0.15) is 23.1 Å². The molecule has 98 valence electrons. The first-order chi connectivity index (χ1) is 9.82. The summed E-state index contributed by atoms with van der Waals surface area (Å²) in [6, 6.07) is 19.6. The van der Waals surface area contributed by atoms with Gasteiger partial charge >= 0.3 is 0 Å². The Balaban J connectivity index is 2.01. The number of allylic oxidation sites excluding steroid dienone is 4. The average molecular weight is 323 g/mol. The fourth-order valence-electron chi connectivity index (χ4n) is 3.56. The van der Waals surface area contributed by atoms with Crippen molar-refractivity contribution < 1.29 is 0 Å². The van der Waals surface area contributed by atoms with Gasteiger partial charge in [-0.2, -0.15) is 0 Å². The molecule has 0 N–H and O–H groups in total. The van der Waals surface area contributed by atoms with Crippen LogP contribution in [0.3, 0.4) is 0 Å². The van der Waals surface area contributed by atoms with Crippen LogP contribution < -0.4 is 0 Å². The lowest BCUT2D eigenvalue weighted by atomic mass is 9.81. The van der Waals surface area contributed by atoms with Crippen molar-refractivity contribution in [3.05, 3.63) is 89.5 Å². The second kappa shape index (κ2) is 4.46. The molecule has 0 heterocycles. The molecule has 2 aromatic rings. The Morgan fingerprint density at radius 1 is 0.950 bits per heavy atom. The number of rotatable bonds is 1. The molecule has 0 nitrogen and oxygen atoms in total. The van der Waals surface area contributed by atoms with E-state index in [1.165, 1.54) is 22.3 Å². The quantitative estimate of drug-likeness (QED) is 0.625. The Hall–Kier alpha value is -1.60. The Kier molecular flexibility index (Phi) is 2.71. The van der Waals surface area contributed by atoms with Gasteiger partial charge in [0, 0.05) is 5.92 Å². The zero-order valence-electron chi connectivity index (χ0n) is 11.1. The van der Waals surface area contributed by atoms with E-state index in [4.69, 9.17) is 0 Å². The predicted molar refractivity (Wildman–Crippen MR) is 87.8 cm³/mol. The van der Waals surface area contributed by atoms with E-state index in [2.05, 4.69) is 88.8 Å². The lowest BCUT2D eigenvalue weighted by Crippen LogP contribution is -2.26. The van der Waals surface area contributed by atoms with Crippen LogP contribution in [0.4, 0.5) is 0 Å². The zero-order valence-corrected chi connectivity index (χ0v) is 12.7. The molecule has 0 bridgehead atoms. The lowest BCUT2D eigenvalue weighted by molar-refractivity contribution is 0.579. The fraction of sp³-hybridized carbons (Fsp3) is 0.158. The third-order valence-electron chi connectivity index (χ3n) is 4.46. The molecule has 2 aliphatic carbocycles. The summed E-state index contributed by atoms with van der Waals surface area (Å²) < 4.78 is -0.0958. The van der Waals surface area contributed by atoms with Gasteiger partial charge in [-0.15, -0.1) is 0 Å². The van der Waals surface area contributed by atoms with Crippen molar-refractivity contribution in [2.75, 3.05) is 0 Å². The topological polar surface area (TPSA) is 0 Å². The standard InChI is InChI=1S/C19H15Br/c20-19(14-8-2-1-3-9-14)17-12-6-4-10-15(17)16-11-5-7-13-18(16)19/h1-12,18H,13H2. The van der Waals surface area contributed by atoms with Crippen molar-refractivity contribution in [2.24, 2.45) is 5.92 Å². The highest BCUT2D eigenvalue weighted by Gasteiger charge is 2.48. The number of benzene rings is 2. The first kappa shape index (κ1) is 12.2. The van der Waals surface area contributed by atoms with Crippen molar-refractivity contribution in [3.63, 3.8) is 0 Å². The molecule has 0 aromatic heterocycles. The summed E-state index contributed by atoms with van der Waals surface area (Å²) in [5.74, 6) is 0.479. The van der Waals surface area contributed by atoms with E-state index in [9.17, 15) is 0 Å². The smallest absolute Gasteiger partial charge is 0.0832 e. The summed E-state index contributed by atoms with van der Waals surface area (Å²) in [6.45, 7) is 0. The van der Waals surface area contributed by atoms with E-state index < -0.39 is 0 Å². The number of fused-ring (bicyclic) bond motifs is 3. The predicted octanol–water partition coefficient (Wildman–Crippen LogP) is 5.30. The summed E-state index contributed by atoms with van der Waals surface area (Å²) in [4.78, 5) is 0. The van der Waals surface area contributed by atoms with Crippen LogP contribution in [-0.2, 0) is 4.32 Å². The number of hydrogen-bond acceptors (Lipinski definition) is 0. The van der Waals surface area contributed by atoms with Gasteiger partial charge in [0.05, 0.1) is 4.32 Å². The Morgan fingerprint density at radius 3 is 2.55 bits per heavy atom. The summed E-state index contributed by atoms with van der Waals surface area (Å²) in [7, 11) is 0. The van der Waals surface area contributed by atoms with Gasteiger partial charge in [0.25, 0.3) is 0 Å². The molecule has 0 amide bonds. The van der Waals surface area contributed by atoms with Gasteiger partial charge in [-0.25, -0.2) is 0 Å². The number of halogens is 1. The van der Waals surface area contributed by atoms with Gasteiger partial charge < -0.3 is 0 Å². The minimum atomic E-state index is -0.0958. The van der Waals surface area contributed by atoms with Crippen molar-refractivity contribution in [2.45, 2.75) is 10.7 Å². The van der Waals surface area contributed by atoms with Crippen LogP contribution in [0, 0.1) is 5.92 Å². The van der Waals surface area contributed by atoms with Crippen LogP contribution in [-0.4, -0.2) is 0 Å². The van der Waals surface area contributed by atoms with Crippen LogP contribution in [0.5, 0.6) is 0 Å². The van der Waals surface area contributed by atoms with Crippen molar-refractivity contribution in [1.82, 2.24) is 0 Å². The highest BCUT2D eigenvalue weighted by Crippen LogP contribution is 2.59. The number of alkyl halides is 1. The van der Waals surface area contributed by atoms with E-state index in [0.29, 0.717) is 5.92 Å². The van der Waals surface area contributed by atoms with Gasteiger partial charge in [0.1, 0.15) is 0 Å². The maximum absolute atomic E-state index is 4.12. The normalized spacial score (nSPS) is 26.9. The molecule has 1 heteroatoms. The third kappa shape index (κ3) is 1.53. The Morgan fingerprint density at radius 2 is 1.70 bits per heavy atom. The van der Waals surface area contributed by atoms with E-state index in [0.717, 1.165) is 6.42 Å². The molecule has 2 aliphatic rings. The summed E-state index contributed by atoms with van der Waals surface area (Å²) in [5, 5.41) is 0. The molecule has 0 saturated carbocycles. The molecule has 0 aliphatic heterocycles. The average Bonchev–Trinajstić information content (AvgIpc) is 2.80. The second-order valence-electron chi connectivity index (χ2n) is 5.46. The summed E-state index contributed by atoms with van der Waals surface area (Å²) >= 11 is 4.12. The van der Waals surface area contributed by atoms with Gasteiger partial charge in [0.15, 0.2) is 0 Å². The molecule has 0 radical (unpaired) electrons. The number of hydrogen-bond donors (Lipinski definition) is 0. The SMILES string of the molecule is BrC1(c2ccccc2)c2ccccc2C2=CC=CCC21. The maximum atomic E-state index is 4.12. The summed E-state index contributed by atoms with van der Waals surface area (Å²) in [5.41, 5.74) is 5.59. The highest BCUT2D eigenvalue weighted by molar-refractivity contribution is 9.09. The molecule has 0 saturated heterocycles. The van der Waals surface area contributed by atoms with Crippen LogP contribution in [0.2, 0.25) is 0 Å². The molecule has 0 spiro atoms. The molecule has 4 rings (SSSR count). The minimum absolute atomic E-state index is 0.0958. The third-order valence-corrected chi connectivity index (χ3v) is 5.90. The molecule has 20 heavy (non-hydrogen) atoms. The van der Waals surface area contributed by atoms with Crippen molar-refractivity contribution in [3.8, 4) is 0 Å². The van der Waals surface area contributed by atoms with Gasteiger partial charge in [-0.05, 0) is 28.7 Å². The van der Waals surface area contributed by atoms with Crippen LogP contribution in [0.25, 0.3) is 5.57 Å². The molecule has 0 fully saturated rings. The van der Waals surface area contributed by atoms with Crippen LogP contribution in [0.15, 0.2) is 72.8 Å². The monoisotopic (exact) mass is 322 g/mol. The molecule has 2 atom stereocenters. The van der Waals surface area contributed by atoms with E-state index in [-0.39, 0.29) is 4.32 Å². The van der Waals surface area contributed by atoms with Crippen molar-refractivity contribution in [1.29, 1.82) is 0 Å². The van der Waals surface area contributed by atoms with E-state index in [1.54, 1.807) is 0 Å². The van der Waals surface area contributed by atoms with Gasteiger partial charge in [-0.3, -0.25) is 0 Å². The second-order valence-corrected chi connectivity index (χ2v) is 6.71. The molecular formula is C19H15Br. The zero-order chi connectivity index (χ0) is 13.6. The molecule has 2 aromatic carbocycles. The Labute approximate surface area is 128 Å². The largest absolute Gasteiger partial charge is 0.0838 e. The Bertz CT molecular complexity index is 712. The van der Waals surface area contributed by atoms with E-state index in [1.807, 2.05) is 0 Å². The van der Waals surface area contributed by atoms with Gasteiger partial charge in [-0.1, -0.05) is 88.8 Å². The first-order valence-corrected chi connectivity index (χ1v) is 7.82.